The second-order valence-electron chi connectivity index (χ2n) is 10.1. The topological polar surface area (TPSA) is 111 Å². The van der Waals surface area contributed by atoms with Gasteiger partial charge in [0, 0.05) is 42.7 Å². The van der Waals surface area contributed by atoms with Crippen LogP contribution in [0.25, 0.3) is 5.82 Å². The first-order valence-corrected chi connectivity index (χ1v) is 14.5. The maximum Gasteiger partial charge on any atom is 0.416 e. The number of amides is 1. The van der Waals surface area contributed by atoms with E-state index in [2.05, 4.69) is 15.3 Å². The number of rotatable bonds is 11. The van der Waals surface area contributed by atoms with Crippen LogP contribution in [-0.2, 0) is 29.7 Å². The highest BCUT2D eigenvalue weighted by Gasteiger charge is 2.36. The maximum atomic E-state index is 13.5. The fraction of sp³-hybridized carbons (Fsp3) is 0.226. The molecule has 0 aliphatic rings. The Hall–Kier alpha value is -4.59. The zero-order valence-electron chi connectivity index (χ0n) is 23.5. The van der Waals surface area contributed by atoms with Crippen molar-refractivity contribution >= 4 is 22.9 Å². The molecule has 1 atom stereocenters. The number of hydrogen-bond donors (Lipinski definition) is 2. The Morgan fingerprint density at radius 1 is 1.07 bits per heavy atom. The van der Waals surface area contributed by atoms with E-state index in [1.165, 1.54) is 58.8 Å². The Morgan fingerprint density at radius 3 is 2.55 bits per heavy atom. The van der Waals surface area contributed by atoms with Crippen LogP contribution in [0.1, 0.15) is 46.3 Å². The number of nitrogens with zero attached hydrogens (tertiary/aromatic N) is 4. The molecule has 13 heteroatoms. The summed E-state index contributed by atoms with van der Waals surface area (Å²) >= 11 is 1.26. The van der Waals surface area contributed by atoms with Crippen LogP contribution in [0.5, 0.6) is 0 Å². The smallest absolute Gasteiger partial charge is 0.377 e. The van der Waals surface area contributed by atoms with Gasteiger partial charge in [-0.15, -0.1) is 11.3 Å². The van der Waals surface area contributed by atoms with Crippen LogP contribution in [0.2, 0.25) is 0 Å². The first kappa shape index (κ1) is 30.9. The van der Waals surface area contributed by atoms with Crippen molar-refractivity contribution < 1.29 is 27.8 Å². The van der Waals surface area contributed by atoms with Crippen LogP contribution in [0.3, 0.4) is 0 Å². The molecule has 0 radical (unpaired) electrons. The number of aliphatic hydroxyl groups is 1. The van der Waals surface area contributed by atoms with Crippen molar-refractivity contribution in [3.8, 4) is 5.82 Å². The highest BCUT2D eigenvalue weighted by Crippen LogP contribution is 2.35. The molecule has 3 heterocycles. The number of nitrogens with one attached hydrogen (secondary N) is 1. The maximum absolute atomic E-state index is 13.5. The Bertz CT molecular complexity index is 1780. The van der Waals surface area contributed by atoms with Crippen molar-refractivity contribution in [2.45, 2.75) is 38.3 Å². The first-order chi connectivity index (χ1) is 21.0. The number of anilines is 1. The largest absolute Gasteiger partial charge is 0.416 e. The lowest BCUT2D eigenvalue weighted by atomic mass is 9.93. The molecule has 5 rings (SSSR count). The van der Waals surface area contributed by atoms with E-state index < -0.39 is 28.8 Å². The fourth-order valence-corrected chi connectivity index (χ4v) is 5.10. The molecule has 0 fully saturated rings. The van der Waals surface area contributed by atoms with E-state index in [0.717, 1.165) is 17.7 Å². The van der Waals surface area contributed by atoms with E-state index in [9.17, 15) is 27.9 Å². The van der Waals surface area contributed by atoms with Gasteiger partial charge >= 0.3 is 6.18 Å². The van der Waals surface area contributed by atoms with E-state index in [-0.39, 0.29) is 28.6 Å². The van der Waals surface area contributed by atoms with E-state index in [4.69, 9.17) is 4.74 Å². The van der Waals surface area contributed by atoms with Gasteiger partial charge in [-0.05, 0) is 42.7 Å². The van der Waals surface area contributed by atoms with Crippen LogP contribution in [0, 0.1) is 0 Å². The molecular weight excluding hydrogens is 595 g/mol. The number of aryl methyl sites for hydroxylation is 1. The monoisotopic (exact) mass is 623 g/mol. The number of alkyl halides is 3. The summed E-state index contributed by atoms with van der Waals surface area (Å²) in [5.41, 5.74) is -0.408. The number of benzene rings is 2. The van der Waals surface area contributed by atoms with Crippen molar-refractivity contribution in [2.75, 3.05) is 11.9 Å². The van der Waals surface area contributed by atoms with Gasteiger partial charge in [0.1, 0.15) is 17.1 Å². The number of carbonyl (C=O) groups is 1. The van der Waals surface area contributed by atoms with Gasteiger partial charge in [-0.3, -0.25) is 14.2 Å². The lowest BCUT2D eigenvalue weighted by Gasteiger charge is -2.25. The van der Waals surface area contributed by atoms with E-state index in [0.29, 0.717) is 26.2 Å². The molecule has 0 spiro atoms. The van der Waals surface area contributed by atoms with Crippen molar-refractivity contribution in [3.63, 3.8) is 0 Å². The molecule has 9 nitrogen and oxygen atoms in total. The quantitative estimate of drug-likeness (QED) is 0.185. The normalized spacial score (nSPS) is 13.0. The van der Waals surface area contributed by atoms with E-state index in [1.807, 2.05) is 30.3 Å². The molecule has 3 aromatic heterocycles. The summed E-state index contributed by atoms with van der Waals surface area (Å²) in [4.78, 5) is 33.9. The van der Waals surface area contributed by atoms with Gasteiger partial charge in [-0.25, -0.2) is 9.97 Å². The average molecular weight is 624 g/mol. The highest BCUT2D eigenvalue weighted by atomic mass is 32.1. The van der Waals surface area contributed by atoms with Crippen LogP contribution >= 0.6 is 11.3 Å². The molecule has 1 unspecified atom stereocenters. The molecule has 2 aromatic carbocycles. The first-order valence-electron chi connectivity index (χ1n) is 13.5. The van der Waals surface area contributed by atoms with Crippen LogP contribution < -0.4 is 10.9 Å². The molecule has 0 aliphatic carbocycles. The molecule has 0 bridgehead atoms. The van der Waals surface area contributed by atoms with Crippen molar-refractivity contribution in [2.24, 2.45) is 0 Å². The van der Waals surface area contributed by atoms with Crippen molar-refractivity contribution in [1.82, 2.24) is 19.1 Å². The third kappa shape index (κ3) is 7.13. The predicted molar refractivity (Wildman–Crippen MR) is 159 cm³/mol. The number of aromatic nitrogens is 4. The fourth-order valence-electron chi connectivity index (χ4n) is 4.57. The number of ether oxygens (including phenoxy) is 1. The number of hydrogen-bond acceptors (Lipinski definition) is 7. The zero-order valence-corrected chi connectivity index (χ0v) is 24.3. The second kappa shape index (κ2) is 13.0. The summed E-state index contributed by atoms with van der Waals surface area (Å²) < 4.78 is 49.0. The minimum Gasteiger partial charge on any atom is -0.377 e. The predicted octanol–water partition coefficient (Wildman–Crippen LogP) is 5.62. The SMILES string of the molecule is CC(O)(c1cccc(C(F)(F)F)c1)c1nc(-n2ccc(NC(=O)c3cscn3)cc2=O)cn1CCCOCc1ccccc1. The molecule has 1 amide bonds. The minimum atomic E-state index is -4.60. The number of imidazole rings is 1. The summed E-state index contributed by atoms with van der Waals surface area (Å²) in [6, 6.07) is 16.8. The standard InChI is InChI=1S/C31H28F3N5O4S/c1-30(42,22-9-5-10-23(15-22)31(32,33)34)29-37-26(17-38(29)12-6-14-43-18-21-7-3-2-4-8-21)39-13-11-24(16-27(39)40)36-28(41)25-19-44-20-35-25/h2-5,7-11,13,15-17,19-20,42H,6,12,14,18H2,1H3,(H,36,41). The molecule has 2 N–H and O–H groups in total. The average Bonchev–Trinajstić information content (AvgIpc) is 3.69. The Morgan fingerprint density at radius 2 is 1.84 bits per heavy atom. The van der Waals surface area contributed by atoms with Gasteiger partial charge in [0.2, 0.25) is 0 Å². The summed E-state index contributed by atoms with van der Waals surface area (Å²) in [6.45, 7) is 2.42. The zero-order chi connectivity index (χ0) is 31.3. The van der Waals surface area contributed by atoms with E-state index in [1.54, 1.807) is 16.1 Å². The number of halogens is 3. The lowest BCUT2D eigenvalue weighted by molar-refractivity contribution is -0.137. The number of pyridine rings is 1. The molecule has 0 aliphatic heterocycles. The highest BCUT2D eigenvalue weighted by molar-refractivity contribution is 7.07. The van der Waals surface area contributed by atoms with Gasteiger partial charge < -0.3 is 19.7 Å². The van der Waals surface area contributed by atoms with Gasteiger partial charge in [-0.2, -0.15) is 13.2 Å². The molecular formula is C31H28F3N5O4S. The van der Waals surface area contributed by atoms with Gasteiger partial charge in [0.15, 0.2) is 5.82 Å². The Kier molecular flexibility index (Phi) is 9.09. The van der Waals surface area contributed by atoms with E-state index >= 15 is 0 Å². The number of carbonyl (C=O) groups excluding carboxylic acids is 1. The second-order valence-corrected chi connectivity index (χ2v) is 10.8. The van der Waals surface area contributed by atoms with Gasteiger partial charge in [0.25, 0.3) is 11.5 Å². The summed E-state index contributed by atoms with van der Waals surface area (Å²) in [5.74, 6) is -0.288. The van der Waals surface area contributed by atoms with Crippen LogP contribution in [0.15, 0.2) is 94.8 Å². The Labute approximate surface area is 254 Å². The number of thiazole rings is 1. The minimum absolute atomic E-state index is 0.0153. The molecule has 44 heavy (non-hydrogen) atoms. The molecule has 5 aromatic rings. The van der Waals surface area contributed by atoms with Crippen molar-refractivity contribution in [1.29, 1.82) is 0 Å². The van der Waals surface area contributed by atoms with Gasteiger partial charge in [0.05, 0.1) is 17.7 Å². The Balaban J connectivity index is 1.42. The van der Waals surface area contributed by atoms with Crippen LogP contribution in [-0.4, -0.2) is 36.7 Å². The summed E-state index contributed by atoms with van der Waals surface area (Å²) in [5, 5.41) is 15.8. The molecule has 0 saturated carbocycles. The van der Waals surface area contributed by atoms with Crippen LogP contribution in [0.4, 0.5) is 18.9 Å². The third-order valence-electron chi connectivity index (χ3n) is 6.84. The summed E-state index contributed by atoms with van der Waals surface area (Å²) in [6.07, 6.45) is -1.15. The lowest BCUT2D eigenvalue weighted by Crippen LogP contribution is -2.28. The third-order valence-corrected chi connectivity index (χ3v) is 7.43. The summed E-state index contributed by atoms with van der Waals surface area (Å²) in [7, 11) is 0. The molecule has 228 valence electrons. The van der Waals surface area contributed by atoms with Crippen molar-refractivity contribution in [3.05, 3.63) is 129 Å². The molecule has 0 saturated heterocycles. The van der Waals surface area contributed by atoms with Gasteiger partial charge in [-0.1, -0.05) is 42.5 Å².